The molecule has 0 bridgehead atoms. The quantitative estimate of drug-likeness (QED) is 0.812. The number of halogens is 1. The van der Waals surface area contributed by atoms with Crippen LogP contribution in [0.5, 0.6) is 5.75 Å². The van der Waals surface area contributed by atoms with Gasteiger partial charge in [-0.15, -0.1) is 0 Å². The van der Waals surface area contributed by atoms with Gasteiger partial charge in [0.2, 0.25) is 0 Å². The Bertz CT molecular complexity index is 757. The second kappa shape index (κ2) is 5.81. The van der Waals surface area contributed by atoms with Gasteiger partial charge in [-0.1, -0.05) is 29.8 Å². The lowest BCUT2D eigenvalue weighted by Crippen LogP contribution is -2.29. The van der Waals surface area contributed by atoms with Crippen molar-refractivity contribution in [2.24, 2.45) is 0 Å². The Kier molecular flexibility index (Phi) is 3.86. The van der Waals surface area contributed by atoms with Crippen molar-refractivity contribution in [3.8, 4) is 5.75 Å². The predicted octanol–water partition coefficient (Wildman–Crippen LogP) is 3.47. The van der Waals surface area contributed by atoms with Crippen LogP contribution >= 0.6 is 11.6 Å². The highest BCUT2D eigenvalue weighted by Gasteiger charge is 2.36. The maximum absolute atomic E-state index is 12.2. The highest BCUT2D eigenvalue weighted by Crippen LogP contribution is 2.33. The number of benzene rings is 2. The summed E-state index contributed by atoms with van der Waals surface area (Å²) in [7, 11) is 0. The number of carbonyl (C=O) groups excluding carboxylic acids is 2. The molecule has 0 saturated heterocycles. The number of amides is 1. The van der Waals surface area contributed by atoms with Crippen LogP contribution in [-0.4, -0.2) is 18.3 Å². The third-order valence-corrected chi connectivity index (χ3v) is 3.77. The van der Waals surface area contributed by atoms with Gasteiger partial charge >= 0.3 is 0 Å². The van der Waals surface area contributed by atoms with Gasteiger partial charge < -0.3 is 9.64 Å². The number of Topliss-reactive ketones (excluding diaryl/α,β-unsaturated/α-hetero) is 1. The fraction of sp³-hybridized carbons (Fsp3) is 0.176. The van der Waals surface area contributed by atoms with E-state index in [1.54, 1.807) is 12.1 Å². The molecule has 0 atom stereocenters. The maximum atomic E-state index is 12.2. The molecule has 0 radical (unpaired) electrons. The molecule has 0 fully saturated rings. The summed E-state index contributed by atoms with van der Waals surface area (Å²) in [4.78, 5) is 25.8. The van der Waals surface area contributed by atoms with Gasteiger partial charge in [0, 0.05) is 10.6 Å². The van der Waals surface area contributed by atoms with Crippen LogP contribution < -0.4 is 9.64 Å². The van der Waals surface area contributed by atoms with E-state index in [0.717, 1.165) is 5.56 Å². The molecule has 1 aliphatic heterocycles. The molecule has 0 unspecified atom stereocenters. The maximum Gasteiger partial charge on any atom is 0.299 e. The number of hydrogen-bond acceptors (Lipinski definition) is 3. The molecule has 0 aliphatic carbocycles. The zero-order valence-electron chi connectivity index (χ0n) is 12.0. The summed E-state index contributed by atoms with van der Waals surface area (Å²) in [6.45, 7) is 2.73. The first-order valence-electron chi connectivity index (χ1n) is 6.98. The van der Waals surface area contributed by atoms with Gasteiger partial charge in [-0.2, -0.15) is 0 Å². The first-order chi connectivity index (χ1) is 10.6. The monoisotopic (exact) mass is 315 g/mol. The second-order valence-corrected chi connectivity index (χ2v) is 5.36. The number of carbonyl (C=O) groups is 2. The Balaban J connectivity index is 1.97. The van der Waals surface area contributed by atoms with E-state index in [-0.39, 0.29) is 6.54 Å². The normalized spacial score (nSPS) is 13.5. The molecular weight excluding hydrogens is 302 g/mol. The molecule has 0 N–H and O–H groups in total. The molecule has 112 valence electrons. The van der Waals surface area contributed by atoms with Crippen LogP contribution in [0, 0.1) is 0 Å². The Labute approximate surface area is 133 Å². The van der Waals surface area contributed by atoms with E-state index >= 15 is 0 Å². The summed E-state index contributed by atoms with van der Waals surface area (Å²) in [5.74, 6) is -0.345. The lowest BCUT2D eigenvalue weighted by atomic mass is 10.1. The smallest absolute Gasteiger partial charge is 0.299 e. The van der Waals surface area contributed by atoms with Gasteiger partial charge in [-0.05, 0) is 31.2 Å². The van der Waals surface area contributed by atoms with E-state index < -0.39 is 11.7 Å². The number of ketones is 1. The third kappa shape index (κ3) is 2.46. The minimum atomic E-state index is -0.538. The number of hydrogen-bond donors (Lipinski definition) is 0. The van der Waals surface area contributed by atoms with Gasteiger partial charge in [0.15, 0.2) is 0 Å². The summed E-state index contributed by atoms with van der Waals surface area (Å²) in [6.07, 6.45) is 0. The summed E-state index contributed by atoms with van der Waals surface area (Å²) >= 11 is 5.91. The van der Waals surface area contributed by atoms with E-state index in [0.29, 0.717) is 28.6 Å². The minimum Gasteiger partial charge on any atom is -0.494 e. The van der Waals surface area contributed by atoms with Crippen LogP contribution in [0.15, 0.2) is 42.5 Å². The molecule has 0 saturated carbocycles. The topological polar surface area (TPSA) is 46.6 Å². The third-order valence-electron chi connectivity index (χ3n) is 3.53. The van der Waals surface area contributed by atoms with Gasteiger partial charge in [0.25, 0.3) is 11.7 Å². The fourth-order valence-electron chi connectivity index (χ4n) is 2.53. The van der Waals surface area contributed by atoms with E-state index in [2.05, 4.69) is 0 Å². The van der Waals surface area contributed by atoms with Crippen LogP contribution in [0.2, 0.25) is 5.02 Å². The van der Waals surface area contributed by atoms with Gasteiger partial charge in [0.05, 0.1) is 24.4 Å². The summed E-state index contributed by atoms with van der Waals surface area (Å²) in [5.41, 5.74) is 1.80. The van der Waals surface area contributed by atoms with Crippen LogP contribution in [0.25, 0.3) is 0 Å². The zero-order valence-corrected chi connectivity index (χ0v) is 12.8. The van der Waals surface area contributed by atoms with E-state index in [1.165, 1.54) is 11.0 Å². The number of fused-ring (bicyclic) bond motifs is 1. The lowest BCUT2D eigenvalue weighted by Gasteiger charge is -2.18. The van der Waals surface area contributed by atoms with E-state index in [9.17, 15) is 9.59 Å². The first kappa shape index (κ1) is 14.6. The molecule has 1 heterocycles. The van der Waals surface area contributed by atoms with E-state index in [4.69, 9.17) is 16.3 Å². The number of rotatable bonds is 4. The molecule has 1 aliphatic rings. The van der Waals surface area contributed by atoms with Crippen LogP contribution in [0.1, 0.15) is 22.8 Å². The number of nitrogens with zero attached hydrogens (tertiary/aromatic N) is 1. The predicted molar refractivity (Wildman–Crippen MR) is 84.6 cm³/mol. The minimum absolute atomic E-state index is 0.287. The van der Waals surface area contributed by atoms with Crippen molar-refractivity contribution in [1.82, 2.24) is 0 Å². The highest BCUT2D eigenvalue weighted by molar-refractivity contribution is 6.52. The Hall–Kier alpha value is -2.33. The number of ether oxygens (including phenoxy) is 1. The Morgan fingerprint density at radius 1 is 1.14 bits per heavy atom. The van der Waals surface area contributed by atoms with Gasteiger partial charge in [-0.3, -0.25) is 9.59 Å². The highest BCUT2D eigenvalue weighted by atomic mass is 35.5. The first-order valence-corrected chi connectivity index (χ1v) is 7.36. The average Bonchev–Trinajstić information content (AvgIpc) is 2.74. The van der Waals surface area contributed by atoms with Crippen LogP contribution in [-0.2, 0) is 11.3 Å². The largest absolute Gasteiger partial charge is 0.494 e. The van der Waals surface area contributed by atoms with E-state index in [1.807, 2.05) is 31.2 Å². The molecule has 2 aromatic rings. The molecule has 0 spiro atoms. The fourth-order valence-corrected chi connectivity index (χ4v) is 2.70. The zero-order chi connectivity index (χ0) is 15.7. The van der Waals surface area contributed by atoms with Crippen molar-refractivity contribution in [1.29, 1.82) is 0 Å². The average molecular weight is 316 g/mol. The van der Waals surface area contributed by atoms with Crippen molar-refractivity contribution in [2.75, 3.05) is 11.5 Å². The molecule has 1 amide bonds. The van der Waals surface area contributed by atoms with Crippen LogP contribution in [0.3, 0.4) is 0 Å². The molecule has 5 heteroatoms. The molecule has 4 nitrogen and oxygen atoms in total. The molecular formula is C17H14ClNO3. The van der Waals surface area contributed by atoms with Crippen molar-refractivity contribution >= 4 is 29.0 Å². The standard InChI is InChI=1S/C17H14ClNO3/c1-2-22-15-6-4-3-5-11(15)10-19-14-8-7-12(18)9-13(14)16(20)17(19)21/h3-9H,2,10H2,1H3. The van der Waals surface area contributed by atoms with Crippen molar-refractivity contribution in [3.05, 3.63) is 58.6 Å². The van der Waals surface area contributed by atoms with Crippen LogP contribution in [0.4, 0.5) is 5.69 Å². The Morgan fingerprint density at radius 3 is 2.68 bits per heavy atom. The molecule has 22 heavy (non-hydrogen) atoms. The molecule has 3 rings (SSSR count). The second-order valence-electron chi connectivity index (χ2n) is 4.92. The summed E-state index contributed by atoms with van der Waals surface area (Å²) in [5, 5.41) is 0.441. The number of anilines is 1. The van der Waals surface area contributed by atoms with Gasteiger partial charge in [0.1, 0.15) is 5.75 Å². The van der Waals surface area contributed by atoms with Crippen molar-refractivity contribution in [3.63, 3.8) is 0 Å². The van der Waals surface area contributed by atoms with Crippen molar-refractivity contribution in [2.45, 2.75) is 13.5 Å². The SMILES string of the molecule is CCOc1ccccc1CN1C(=O)C(=O)c2cc(Cl)ccc21. The summed E-state index contributed by atoms with van der Waals surface area (Å²) in [6, 6.07) is 12.4. The summed E-state index contributed by atoms with van der Waals surface area (Å²) < 4.78 is 5.57. The molecule has 2 aromatic carbocycles. The number of para-hydroxylation sites is 1. The lowest BCUT2D eigenvalue weighted by molar-refractivity contribution is -0.114. The van der Waals surface area contributed by atoms with Crippen molar-refractivity contribution < 1.29 is 14.3 Å². The molecule has 0 aromatic heterocycles. The Morgan fingerprint density at radius 2 is 1.91 bits per heavy atom. The van der Waals surface area contributed by atoms with Gasteiger partial charge in [-0.25, -0.2) is 0 Å².